The van der Waals surface area contributed by atoms with Crippen LogP contribution in [-0.2, 0) is 6.54 Å². The molecule has 0 bridgehead atoms. The summed E-state index contributed by atoms with van der Waals surface area (Å²) in [4.78, 5) is 14.1. The van der Waals surface area contributed by atoms with Gasteiger partial charge in [-0.1, -0.05) is 13.8 Å². The van der Waals surface area contributed by atoms with Crippen LogP contribution in [0, 0.1) is 5.41 Å². The van der Waals surface area contributed by atoms with E-state index >= 15 is 0 Å². The Hall–Kier alpha value is -1.29. The van der Waals surface area contributed by atoms with Crippen molar-refractivity contribution in [1.29, 1.82) is 0 Å². The van der Waals surface area contributed by atoms with Gasteiger partial charge < -0.3 is 15.2 Å². The van der Waals surface area contributed by atoms with Gasteiger partial charge in [0.1, 0.15) is 0 Å². The molecule has 4 nitrogen and oxygen atoms in total. The van der Waals surface area contributed by atoms with Crippen molar-refractivity contribution in [2.24, 2.45) is 5.41 Å². The third-order valence-corrected chi connectivity index (χ3v) is 4.09. The van der Waals surface area contributed by atoms with Gasteiger partial charge in [-0.3, -0.25) is 4.79 Å². The van der Waals surface area contributed by atoms with E-state index in [4.69, 9.17) is 5.73 Å². The van der Waals surface area contributed by atoms with E-state index in [0.717, 1.165) is 19.5 Å². The van der Waals surface area contributed by atoms with Crippen molar-refractivity contribution in [3.05, 3.63) is 28.7 Å². The van der Waals surface area contributed by atoms with Crippen molar-refractivity contribution in [3.63, 3.8) is 0 Å². The highest BCUT2D eigenvalue weighted by Gasteiger charge is 2.24. The lowest BCUT2D eigenvalue weighted by Gasteiger charge is -2.36. The molecule has 0 saturated carbocycles. The summed E-state index contributed by atoms with van der Waals surface area (Å²) < 4.78 is 1.71. The van der Waals surface area contributed by atoms with E-state index in [9.17, 15) is 4.79 Å². The van der Waals surface area contributed by atoms with Crippen molar-refractivity contribution < 1.29 is 0 Å². The summed E-state index contributed by atoms with van der Waals surface area (Å²) in [6.07, 6.45) is 5.28. The molecule has 2 rings (SSSR count). The number of piperidine rings is 1. The molecule has 1 aliphatic rings. The molecule has 0 unspecified atom stereocenters. The molecule has 1 aliphatic heterocycles. The van der Waals surface area contributed by atoms with Crippen molar-refractivity contribution >= 4 is 5.69 Å². The number of hydrogen-bond donors (Lipinski definition) is 1. The predicted octanol–water partition coefficient (Wildman–Crippen LogP) is 1.94. The summed E-state index contributed by atoms with van der Waals surface area (Å²) in [6, 6.07) is 3.20. The highest BCUT2D eigenvalue weighted by Crippen LogP contribution is 2.29. The van der Waals surface area contributed by atoms with E-state index < -0.39 is 0 Å². The fraction of sp³-hybridized carbons (Fsp3) is 0.667. The average molecular weight is 263 g/mol. The van der Waals surface area contributed by atoms with Crippen LogP contribution in [0.1, 0.15) is 33.1 Å². The molecule has 1 saturated heterocycles. The maximum absolute atomic E-state index is 11.6. The topological polar surface area (TPSA) is 51.3 Å². The third kappa shape index (κ3) is 4.10. The van der Waals surface area contributed by atoms with Crippen LogP contribution >= 0.6 is 0 Å². The number of aryl methyl sites for hydroxylation is 1. The molecule has 0 atom stereocenters. The zero-order chi connectivity index (χ0) is 13.9. The quantitative estimate of drug-likeness (QED) is 0.903. The summed E-state index contributed by atoms with van der Waals surface area (Å²) in [5.74, 6) is 0. The van der Waals surface area contributed by atoms with Gasteiger partial charge in [0.25, 0.3) is 5.56 Å². The van der Waals surface area contributed by atoms with Crippen molar-refractivity contribution in [2.75, 3.05) is 25.4 Å². The van der Waals surface area contributed by atoms with Crippen molar-refractivity contribution in [1.82, 2.24) is 9.47 Å². The van der Waals surface area contributed by atoms with Crippen LogP contribution < -0.4 is 11.3 Å². The lowest BCUT2D eigenvalue weighted by atomic mass is 9.83. The molecule has 0 amide bonds. The van der Waals surface area contributed by atoms with Crippen molar-refractivity contribution in [2.45, 2.75) is 39.7 Å². The first-order valence-electron chi connectivity index (χ1n) is 7.15. The van der Waals surface area contributed by atoms with Crippen molar-refractivity contribution in [3.8, 4) is 0 Å². The molecule has 2 heterocycles. The van der Waals surface area contributed by atoms with Gasteiger partial charge in [0, 0.05) is 24.5 Å². The van der Waals surface area contributed by atoms with E-state index in [2.05, 4.69) is 18.7 Å². The fourth-order valence-electron chi connectivity index (χ4n) is 2.57. The number of pyridine rings is 1. The van der Waals surface area contributed by atoms with Crippen LogP contribution in [0.25, 0.3) is 0 Å². The summed E-state index contributed by atoms with van der Waals surface area (Å²) in [5.41, 5.74) is 6.89. The highest BCUT2D eigenvalue weighted by molar-refractivity contribution is 5.33. The minimum atomic E-state index is 0.0361. The van der Waals surface area contributed by atoms with Crippen LogP contribution in [0.3, 0.4) is 0 Å². The van der Waals surface area contributed by atoms with Gasteiger partial charge in [-0.2, -0.15) is 0 Å². The van der Waals surface area contributed by atoms with Crippen LogP contribution in [-0.4, -0.2) is 29.1 Å². The molecule has 1 fully saturated rings. The van der Waals surface area contributed by atoms with Gasteiger partial charge in [-0.15, -0.1) is 0 Å². The van der Waals surface area contributed by atoms with Gasteiger partial charge in [0.2, 0.25) is 0 Å². The third-order valence-electron chi connectivity index (χ3n) is 4.09. The van der Waals surface area contributed by atoms with Crippen LogP contribution in [0.4, 0.5) is 5.69 Å². The van der Waals surface area contributed by atoms with Gasteiger partial charge in [0.15, 0.2) is 0 Å². The summed E-state index contributed by atoms with van der Waals surface area (Å²) in [7, 11) is 0. The Morgan fingerprint density at radius 3 is 2.58 bits per heavy atom. The molecule has 0 radical (unpaired) electrons. The second kappa shape index (κ2) is 5.78. The first-order chi connectivity index (χ1) is 8.96. The number of nitrogens with two attached hydrogens (primary N) is 1. The predicted molar refractivity (Wildman–Crippen MR) is 79.2 cm³/mol. The Morgan fingerprint density at radius 2 is 1.89 bits per heavy atom. The van der Waals surface area contributed by atoms with E-state index in [-0.39, 0.29) is 5.56 Å². The van der Waals surface area contributed by atoms with Crippen LogP contribution in [0.5, 0.6) is 0 Å². The number of rotatable bonds is 4. The van der Waals surface area contributed by atoms with E-state index in [1.165, 1.54) is 25.9 Å². The van der Waals surface area contributed by atoms with Gasteiger partial charge in [0.05, 0.1) is 0 Å². The number of nitrogen functional groups attached to an aromatic ring is 1. The molecule has 19 heavy (non-hydrogen) atoms. The lowest BCUT2D eigenvalue weighted by Crippen LogP contribution is -2.38. The molecule has 4 heteroatoms. The van der Waals surface area contributed by atoms with Crippen LogP contribution in [0.2, 0.25) is 0 Å². The summed E-state index contributed by atoms with van der Waals surface area (Å²) in [6.45, 7) is 8.87. The standard InChI is InChI=1S/C15H25N3O/c1-15(2)6-10-17(11-7-15)8-3-9-18-12-13(16)4-5-14(18)19/h4-5,12H,3,6-11,16H2,1-2H3. The highest BCUT2D eigenvalue weighted by atomic mass is 16.1. The molecular formula is C15H25N3O. The number of likely N-dealkylation sites (tertiary alicyclic amines) is 1. The normalized spacial score (nSPS) is 19.5. The molecule has 106 valence electrons. The Bertz CT molecular complexity index is 469. The largest absolute Gasteiger partial charge is 0.398 e. The summed E-state index contributed by atoms with van der Waals surface area (Å²) >= 11 is 0. The second-order valence-corrected chi connectivity index (χ2v) is 6.35. The maximum atomic E-state index is 11.6. The minimum Gasteiger partial charge on any atom is -0.398 e. The number of hydrogen-bond acceptors (Lipinski definition) is 3. The molecule has 2 N–H and O–H groups in total. The molecule has 0 spiro atoms. The van der Waals surface area contributed by atoms with E-state index in [0.29, 0.717) is 11.1 Å². The molecule has 0 aromatic carbocycles. The smallest absolute Gasteiger partial charge is 0.250 e. The molecule has 1 aromatic heterocycles. The molecule has 0 aliphatic carbocycles. The van der Waals surface area contributed by atoms with Crippen LogP contribution in [0.15, 0.2) is 23.1 Å². The maximum Gasteiger partial charge on any atom is 0.250 e. The Kier molecular flexibility index (Phi) is 4.30. The zero-order valence-electron chi connectivity index (χ0n) is 12.1. The average Bonchev–Trinajstić information content (AvgIpc) is 2.35. The Labute approximate surface area is 115 Å². The van der Waals surface area contributed by atoms with Gasteiger partial charge in [-0.05, 0) is 50.4 Å². The fourth-order valence-corrected chi connectivity index (χ4v) is 2.57. The minimum absolute atomic E-state index is 0.0361. The van der Waals surface area contributed by atoms with E-state index in [1.54, 1.807) is 22.9 Å². The first-order valence-corrected chi connectivity index (χ1v) is 7.15. The Balaban J connectivity index is 1.78. The van der Waals surface area contributed by atoms with Gasteiger partial charge >= 0.3 is 0 Å². The zero-order valence-corrected chi connectivity index (χ0v) is 12.1. The van der Waals surface area contributed by atoms with Gasteiger partial charge in [-0.25, -0.2) is 0 Å². The van der Waals surface area contributed by atoms with E-state index in [1.807, 2.05) is 0 Å². The lowest BCUT2D eigenvalue weighted by molar-refractivity contribution is 0.130. The Morgan fingerprint density at radius 1 is 1.21 bits per heavy atom. The molecule has 1 aromatic rings. The monoisotopic (exact) mass is 263 g/mol. The SMILES string of the molecule is CC1(C)CCN(CCCn2cc(N)ccc2=O)CC1. The number of nitrogens with zero attached hydrogens (tertiary/aromatic N) is 2. The number of aromatic nitrogens is 1. The second-order valence-electron chi connectivity index (χ2n) is 6.35. The summed E-state index contributed by atoms with van der Waals surface area (Å²) in [5, 5.41) is 0. The first kappa shape index (κ1) is 14.1. The number of anilines is 1. The molecular weight excluding hydrogens is 238 g/mol.